The van der Waals surface area contributed by atoms with Crippen LogP contribution in [0.4, 0.5) is 0 Å². The Morgan fingerprint density at radius 1 is 0.619 bits per heavy atom. The zero-order valence-electron chi connectivity index (χ0n) is 47.1. The van der Waals surface area contributed by atoms with Gasteiger partial charge in [-0.15, -0.1) is 0 Å². The highest BCUT2D eigenvalue weighted by Crippen LogP contribution is 2.31. The Labute approximate surface area is 482 Å². The molecule has 2 fully saturated rings. The van der Waals surface area contributed by atoms with Crippen molar-refractivity contribution in [2.45, 2.75) is 153 Å². The minimum absolute atomic E-state index is 0.00514. The first-order chi connectivity index (χ1) is 39.7. The number of aromatic hydroxyl groups is 2. The first-order valence-electron chi connectivity index (χ1n) is 26.8. The van der Waals surface area contributed by atoms with Gasteiger partial charge in [0.2, 0.25) is 41.4 Å². The number of amides is 7. The Bertz CT molecular complexity index is 2820. The van der Waals surface area contributed by atoms with Crippen molar-refractivity contribution >= 4 is 65.2 Å². The summed E-state index contributed by atoms with van der Waals surface area (Å²) in [6, 6.07) is 9.40. The van der Waals surface area contributed by atoms with E-state index in [2.05, 4.69) is 26.6 Å². The monoisotopic (exact) mass is 1180 g/mol. The van der Waals surface area contributed by atoms with Crippen LogP contribution in [-0.2, 0) is 100 Å². The summed E-state index contributed by atoms with van der Waals surface area (Å²) in [4.78, 5) is 149. The standard InChI is InChI=1S/C56H72N8O20/c1-28(59-51(74)39(57)23-35-14-18-37(70)19-15-35)50(73)60-40(24-34-11-8-7-9-12-34)52(75)63-45(29(2)80-56-48(83-33(6)69)47(82-32(5)68)46(81-31(4)67)44(84-56)27-79-30(3)66)54(77)61-41(25-36-16-20-38(71)21-17-36)55(78)64-22-10-13-43(64)53(76)62-42(26-65)49(58)72/h7-9,11-12,14-21,28-29,39-48,56,65,70-71H,10,13,22-27,57H2,1-6H3,(H2,58,72)(H,59,74)(H,60,73)(H,61,77)(H,62,76)(H,63,75)/t28-,29-,39+,40+,41+,42+,43+,44-,45+,46+,47-,48-,56+/m1/s1. The van der Waals surface area contributed by atoms with Gasteiger partial charge in [0.25, 0.3) is 0 Å². The second kappa shape index (κ2) is 31.1. The van der Waals surface area contributed by atoms with E-state index in [4.69, 9.17) is 39.9 Å². The van der Waals surface area contributed by atoms with Gasteiger partial charge in [-0.3, -0.25) is 52.7 Å². The lowest BCUT2D eigenvalue weighted by molar-refractivity contribution is -0.316. The molecule has 2 heterocycles. The molecule has 0 saturated carbocycles. The van der Waals surface area contributed by atoms with Gasteiger partial charge >= 0.3 is 23.9 Å². The van der Waals surface area contributed by atoms with Crippen LogP contribution in [0.1, 0.15) is 71.1 Å². The number of nitrogens with zero attached hydrogens (tertiary/aromatic N) is 1. The topological polar surface area (TPSA) is 419 Å². The summed E-state index contributed by atoms with van der Waals surface area (Å²) in [7, 11) is 0. The molecule has 2 saturated heterocycles. The van der Waals surface area contributed by atoms with Crippen molar-refractivity contribution in [2.75, 3.05) is 19.8 Å². The molecule has 7 amide bonds. The smallest absolute Gasteiger partial charge is 0.303 e. The number of carbonyl (C=O) groups is 11. The molecule has 0 bridgehead atoms. The lowest BCUT2D eigenvalue weighted by atomic mass is 9.97. The number of esters is 4. The van der Waals surface area contributed by atoms with E-state index in [-0.39, 0.29) is 50.1 Å². The Hall–Kier alpha value is -8.73. The van der Waals surface area contributed by atoms with E-state index in [0.29, 0.717) is 16.7 Å². The highest BCUT2D eigenvalue weighted by atomic mass is 16.7. The lowest BCUT2D eigenvalue weighted by Gasteiger charge is -2.45. The number of nitrogens with two attached hydrogens (primary N) is 2. The Balaban J connectivity index is 1.57. The number of phenolic OH excluding ortho intramolecular Hbond substituents is 2. The van der Waals surface area contributed by atoms with Crippen LogP contribution in [0.2, 0.25) is 0 Å². The zero-order chi connectivity index (χ0) is 61.9. The normalized spacial score (nSPS) is 20.8. The van der Waals surface area contributed by atoms with Crippen molar-refractivity contribution < 1.29 is 96.5 Å². The number of rotatable bonds is 27. The fourth-order valence-corrected chi connectivity index (χ4v) is 9.27. The molecule has 456 valence electrons. The molecule has 0 aromatic heterocycles. The van der Waals surface area contributed by atoms with E-state index >= 15 is 4.79 Å². The highest BCUT2D eigenvalue weighted by Gasteiger charge is 2.54. The van der Waals surface area contributed by atoms with E-state index in [9.17, 15) is 63.3 Å². The predicted octanol–water partition coefficient (Wildman–Crippen LogP) is -2.15. The lowest BCUT2D eigenvalue weighted by Crippen LogP contribution is -2.65. The van der Waals surface area contributed by atoms with E-state index in [1.54, 1.807) is 42.5 Å². The van der Waals surface area contributed by atoms with E-state index in [1.807, 2.05) is 0 Å². The van der Waals surface area contributed by atoms with Crippen molar-refractivity contribution in [1.29, 1.82) is 0 Å². The SMILES string of the molecule is CC(=O)OC[C@H]1O[C@H](O[C@H](C)[C@H](NC(=O)[C@H](Cc2ccccc2)NC(=O)[C@@H](C)NC(=O)[C@@H](N)Cc2ccc(O)cc2)C(=O)N[C@@H](Cc2ccc(O)cc2)C(=O)N2CCC[C@H]2C(=O)N[C@@H](CO)C(N)=O)[C@H](OC(C)=O)[C@H](OC(C)=O)[C@H]1OC(C)=O. The fourth-order valence-electron chi connectivity index (χ4n) is 9.27. The molecule has 0 radical (unpaired) electrons. The summed E-state index contributed by atoms with van der Waals surface area (Å²) < 4.78 is 34.4. The number of hydrogen-bond acceptors (Lipinski definition) is 21. The number of phenols is 2. The molecule has 0 spiro atoms. The summed E-state index contributed by atoms with van der Waals surface area (Å²) in [5.41, 5.74) is 13.0. The fraction of sp³-hybridized carbons (Fsp3) is 0.482. The van der Waals surface area contributed by atoms with Gasteiger partial charge in [-0.25, -0.2) is 0 Å². The Morgan fingerprint density at radius 3 is 1.71 bits per heavy atom. The van der Waals surface area contributed by atoms with Gasteiger partial charge in [-0.05, 0) is 74.1 Å². The molecule has 0 unspecified atom stereocenters. The number of likely N-dealkylation sites (tertiary alicyclic amines) is 1. The van der Waals surface area contributed by atoms with Crippen LogP contribution >= 0.6 is 0 Å². The van der Waals surface area contributed by atoms with Crippen LogP contribution in [0.15, 0.2) is 78.9 Å². The molecule has 5 rings (SSSR count). The number of ether oxygens (including phenoxy) is 6. The highest BCUT2D eigenvalue weighted by molar-refractivity contribution is 5.98. The number of benzene rings is 3. The van der Waals surface area contributed by atoms with Gasteiger partial charge < -0.3 is 86.7 Å². The number of nitrogens with one attached hydrogen (secondary N) is 5. The average Bonchev–Trinajstić information content (AvgIpc) is 4.08. The molecule has 3 aromatic carbocycles. The van der Waals surface area contributed by atoms with Crippen molar-refractivity contribution in [3.8, 4) is 11.5 Å². The minimum Gasteiger partial charge on any atom is -0.508 e. The van der Waals surface area contributed by atoms with E-state index in [0.717, 1.165) is 32.6 Å². The molecule has 28 nitrogen and oxygen atoms in total. The third-order valence-corrected chi connectivity index (χ3v) is 13.4. The van der Waals surface area contributed by atoms with Crippen molar-refractivity contribution in [1.82, 2.24) is 31.5 Å². The van der Waals surface area contributed by atoms with E-state index in [1.165, 1.54) is 50.2 Å². The number of primary amides is 1. The largest absolute Gasteiger partial charge is 0.508 e. The third-order valence-electron chi connectivity index (χ3n) is 13.4. The second-order valence-electron chi connectivity index (χ2n) is 20.1. The first-order valence-corrected chi connectivity index (χ1v) is 26.8. The predicted molar refractivity (Wildman–Crippen MR) is 291 cm³/mol. The second-order valence-corrected chi connectivity index (χ2v) is 20.1. The third kappa shape index (κ3) is 19.4. The number of hydrogen-bond donors (Lipinski definition) is 10. The maximum Gasteiger partial charge on any atom is 0.303 e. The molecule has 28 heteroatoms. The van der Waals surface area contributed by atoms with Crippen LogP contribution < -0.4 is 38.1 Å². The van der Waals surface area contributed by atoms with Crippen molar-refractivity contribution in [3.63, 3.8) is 0 Å². The van der Waals surface area contributed by atoms with Crippen molar-refractivity contribution in [3.05, 3.63) is 95.6 Å². The van der Waals surface area contributed by atoms with Crippen LogP contribution in [-0.4, -0.2) is 184 Å². The summed E-state index contributed by atoms with van der Waals surface area (Å²) in [5.74, 6) is -10.5. The molecule has 0 aliphatic carbocycles. The molecular formula is C56H72N8O20. The molecule has 2 aliphatic heterocycles. The van der Waals surface area contributed by atoms with Gasteiger partial charge in [0.1, 0.15) is 60.5 Å². The molecule has 84 heavy (non-hydrogen) atoms. The average molecular weight is 1180 g/mol. The molecule has 13 atom stereocenters. The minimum atomic E-state index is -1.98. The number of aliphatic hydroxyl groups is 1. The zero-order valence-corrected chi connectivity index (χ0v) is 47.1. The van der Waals surface area contributed by atoms with Gasteiger partial charge in [0.15, 0.2) is 24.6 Å². The van der Waals surface area contributed by atoms with Crippen LogP contribution in [0.5, 0.6) is 11.5 Å². The van der Waals surface area contributed by atoms with Crippen LogP contribution in [0.25, 0.3) is 0 Å². The quantitative estimate of drug-likeness (QED) is 0.0287. The Morgan fingerprint density at radius 2 is 1.15 bits per heavy atom. The molecule has 3 aromatic rings. The first kappa shape index (κ1) is 66.1. The van der Waals surface area contributed by atoms with Crippen LogP contribution in [0.3, 0.4) is 0 Å². The van der Waals surface area contributed by atoms with Gasteiger partial charge in [0.05, 0.1) is 18.8 Å². The van der Waals surface area contributed by atoms with Gasteiger partial charge in [-0.1, -0.05) is 54.6 Å². The van der Waals surface area contributed by atoms with Crippen molar-refractivity contribution in [2.24, 2.45) is 11.5 Å². The molecular weight excluding hydrogens is 1100 g/mol. The molecule has 2 aliphatic rings. The van der Waals surface area contributed by atoms with Gasteiger partial charge in [0, 0.05) is 47.1 Å². The molecule has 12 N–H and O–H groups in total. The van der Waals surface area contributed by atoms with Crippen LogP contribution in [0, 0.1) is 0 Å². The number of aliphatic hydroxyl groups excluding tert-OH is 1. The maximum atomic E-state index is 15.3. The summed E-state index contributed by atoms with van der Waals surface area (Å²) in [6.07, 6.45) is -10.5. The summed E-state index contributed by atoms with van der Waals surface area (Å²) in [5, 5.41) is 42.3. The summed E-state index contributed by atoms with van der Waals surface area (Å²) in [6.45, 7) is 5.08. The van der Waals surface area contributed by atoms with E-state index < -0.39 is 158 Å². The Kier molecular flexibility index (Phi) is 24.4. The number of carbonyl (C=O) groups excluding carboxylic acids is 11. The maximum absolute atomic E-state index is 15.3. The summed E-state index contributed by atoms with van der Waals surface area (Å²) >= 11 is 0. The van der Waals surface area contributed by atoms with Gasteiger partial charge in [-0.2, -0.15) is 0 Å².